The molecule has 5 heteroatoms. The van der Waals surface area contributed by atoms with Crippen LogP contribution in [0, 0.1) is 0 Å². The molecule has 0 saturated heterocycles. The van der Waals surface area contributed by atoms with E-state index in [-0.39, 0.29) is 5.91 Å². The highest BCUT2D eigenvalue weighted by molar-refractivity contribution is 6.31. The lowest BCUT2D eigenvalue weighted by molar-refractivity contribution is -0.116. The van der Waals surface area contributed by atoms with E-state index in [1.165, 1.54) is 0 Å². The Morgan fingerprint density at radius 3 is 2.55 bits per heavy atom. The average Bonchev–Trinajstić information content (AvgIpc) is 2.54. The molecule has 22 heavy (non-hydrogen) atoms. The van der Waals surface area contributed by atoms with Gasteiger partial charge >= 0.3 is 0 Å². The Balaban J connectivity index is 1.70. The van der Waals surface area contributed by atoms with Gasteiger partial charge in [-0.25, -0.2) is 0 Å². The minimum absolute atomic E-state index is 0.0307. The largest absolute Gasteiger partial charge is 0.497 e. The first kappa shape index (κ1) is 16.3. The molecule has 0 aliphatic carbocycles. The van der Waals surface area contributed by atoms with Gasteiger partial charge in [0.1, 0.15) is 5.75 Å². The lowest BCUT2D eigenvalue weighted by atomic mass is 10.2. The topological polar surface area (TPSA) is 50.4 Å². The van der Waals surface area contributed by atoms with Crippen molar-refractivity contribution in [2.75, 3.05) is 19.0 Å². The molecule has 0 saturated carbocycles. The molecule has 0 unspecified atom stereocenters. The highest BCUT2D eigenvalue weighted by atomic mass is 35.5. The number of methoxy groups -OCH3 is 1. The summed E-state index contributed by atoms with van der Waals surface area (Å²) in [7, 11) is 1.61. The minimum Gasteiger partial charge on any atom is -0.497 e. The third kappa shape index (κ3) is 5.06. The van der Waals surface area contributed by atoms with E-state index in [4.69, 9.17) is 16.3 Å². The molecule has 2 N–H and O–H groups in total. The smallest absolute Gasteiger partial charge is 0.225 e. The summed E-state index contributed by atoms with van der Waals surface area (Å²) in [5.41, 5.74) is 1.79. The van der Waals surface area contributed by atoms with Crippen LogP contribution in [-0.4, -0.2) is 19.6 Å². The van der Waals surface area contributed by atoms with Crippen molar-refractivity contribution in [1.29, 1.82) is 0 Å². The number of nitrogens with one attached hydrogen (secondary N) is 2. The van der Waals surface area contributed by atoms with Crippen molar-refractivity contribution in [3.8, 4) is 5.75 Å². The lowest BCUT2D eigenvalue weighted by Crippen LogP contribution is -2.21. The second kappa shape index (κ2) is 8.41. The molecule has 0 aliphatic rings. The van der Waals surface area contributed by atoms with E-state index in [1.54, 1.807) is 7.11 Å². The Labute approximate surface area is 135 Å². The molecule has 2 aromatic rings. The van der Waals surface area contributed by atoms with E-state index in [9.17, 15) is 4.79 Å². The van der Waals surface area contributed by atoms with E-state index in [1.807, 2.05) is 48.5 Å². The number of carbonyl (C=O) groups is 1. The maximum atomic E-state index is 11.8. The molecule has 2 rings (SSSR count). The van der Waals surface area contributed by atoms with Gasteiger partial charge in [-0.1, -0.05) is 29.8 Å². The molecule has 0 heterocycles. The summed E-state index contributed by atoms with van der Waals surface area (Å²) in [6, 6.07) is 14.9. The fourth-order valence-electron chi connectivity index (χ4n) is 1.96. The highest BCUT2D eigenvalue weighted by Crippen LogP contribution is 2.15. The molecule has 0 spiro atoms. The van der Waals surface area contributed by atoms with Gasteiger partial charge < -0.3 is 15.4 Å². The first-order chi connectivity index (χ1) is 10.7. The minimum atomic E-state index is -0.0307. The quantitative estimate of drug-likeness (QED) is 0.769. The first-order valence-corrected chi connectivity index (χ1v) is 7.45. The molecule has 0 aromatic heterocycles. The standard InChI is InChI=1S/C17H19ClN2O2/c1-22-15-8-6-14(7-9-15)20-17(21)10-11-19-12-13-4-2-3-5-16(13)18/h2-9,19H,10-12H2,1H3,(H,20,21). The number of amides is 1. The van der Waals surface area contributed by atoms with Crippen molar-refractivity contribution in [3.63, 3.8) is 0 Å². The van der Waals surface area contributed by atoms with E-state index in [0.717, 1.165) is 22.0 Å². The van der Waals surface area contributed by atoms with E-state index in [0.29, 0.717) is 19.5 Å². The second-order valence-corrected chi connectivity index (χ2v) is 5.20. The summed E-state index contributed by atoms with van der Waals surface area (Å²) >= 11 is 6.07. The number of halogens is 1. The van der Waals surface area contributed by atoms with Crippen molar-refractivity contribution in [3.05, 3.63) is 59.1 Å². The van der Waals surface area contributed by atoms with Gasteiger partial charge in [0.2, 0.25) is 5.91 Å². The van der Waals surface area contributed by atoms with Crippen molar-refractivity contribution in [1.82, 2.24) is 5.32 Å². The fourth-order valence-corrected chi connectivity index (χ4v) is 2.17. The van der Waals surface area contributed by atoms with E-state index >= 15 is 0 Å². The molecule has 0 radical (unpaired) electrons. The van der Waals surface area contributed by atoms with E-state index in [2.05, 4.69) is 10.6 Å². The molecule has 4 nitrogen and oxygen atoms in total. The van der Waals surface area contributed by atoms with Crippen LogP contribution in [0.5, 0.6) is 5.75 Å². The van der Waals surface area contributed by atoms with Crippen LogP contribution in [0.25, 0.3) is 0 Å². The van der Waals surface area contributed by atoms with Crippen LogP contribution in [0.4, 0.5) is 5.69 Å². The molecule has 116 valence electrons. The summed E-state index contributed by atoms with van der Waals surface area (Å²) in [5.74, 6) is 0.733. The van der Waals surface area contributed by atoms with Gasteiger partial charge in [0.25, 0.3) is 0 Å². The van der Waals surface area contributed by atoms with Crippen molar-refractivity contribution in [2.24, 2.45) is 0 Å². The normalized spacial score (nSPS) is 10.3. The summed E-state index contributed by atoms with van der Waals surface area (Å²) in [5, 5.41) is 6.79. The van der Waals surface area contributed by atoms with Gasteiger partial charge in [-0.15, -0.1) is 0 Å². The number of ether oxygens (including phenoxy) is 1. The molecule has 2 aromatic carbocycles. The zero-order valence-electron chi connectivity index (χ0n) is 12.4. The summed E-state index contributed by atoms with van der Waals surface area (Å²) in [6.45, 7) is 1.24. The number of anilines is 1. The van der Waals surface area contributed by atoms with Gasteiger partial charge in [-0.05, 0) is 35.9 Å². The molecular weight excluding hydrogens is 300 g/mol. The van der Waals surface area contributed by atoms with Crippen molar-refractivity contribution < 1.29 is 9.53 Å². The summed E-state index contributed by atoms with van der Waals surface area (Å²) in [4.78, 5) is 11.8. The maximum absolute atomic E-state index is 11.8. The highest BCUT2D eigenvalue weighted by Gasteiger charge is 2.03. The van der Waals surface area contributed by atoms with Gasteiger partial charge in [-0.3, -0.25) is 4.79 Å². The van der Waals surface area contributed by atoms with Crippen LogP contribution in [0.3, 0.4) is 0 Å². The molecule has 1 amide bonds. The van der Waals surface area contributed by atoms with Crippen molar-refractivity contribution >= 4 is 23.2 Å². The molecule has 0 aliphatic heterocycles. The number of rotatable bonds is 7. The molecule has 0 atom stereocenters. The van der Waals surface area contributed by atoms with Gasteiger partial charge in [0, 0.05) is 30.2 Å². The lowest BCUT2D eigenvalue weighted by Gasteiger charge is -2.08. The number of carbonyl (C=O) groups excluding carboxylic acids is 1. The average molecular weight is 319 g/mol. The Hall–Kier alpha value is -2.04. The van der Waals surface area contributed by atoms with Gasteiger partial charge in [-0.2, -0.15) is 0 Å². The maximum Gasteiger partial charge on any atom is 0.225 e. The molecule has 0 bridgehead atoms. The number of hydrogen-bond donors (Lipinski definition) is 2. The SMILES string of the molecule is COc1ccc(NC(=O)CCNCc2ccccc2Cl)cc1. The van der Waals surface area contributed by atoms with E-state index < -0.39 is 0 Å². The predicted molar refractivity (Wildman–Crippen MR) is 89.4 cm³/mol. The Bertz CT molecular complexity index is 614. The van der Waals surface area contributed by atoms with Crippen LogP contribution < -0.4 is 15.4 Å². The Morgan fingerprint density at radius 2 is 1.86 bits per heavy atom. The molecular formula is C17H19ClN2O2. The Kier molecular flexibility index (Phi) is 6.25. The first-order valence-electron chi connectivity index (χ1n) is 7.07. The van der Waals surface area contributed by atoms with Crippen LogP contribution in [-0.2, 0) is 11.3 Å². The predicted octanol–water partition coefficient (Wildman–Crippen LogP) is 3.47. The van der Waals surface area contributed by atoms with Gasteiger partial charge in [0.05, 0.1) is 7.11 Å². The van der Waals surface area contributed by atoms with Crippen molar-refractivity contribution in [2.45, 2.75) is 13.0 Å². The van der Waals surface area contributed by atoms with Gasteiger partial charge in [0.15, 0.2) is 0 Å². The summed E-state index contributed by atoms with van der Waals surface area (Å²) < 4.78 is 5.07. The van der Waals surface area contributed by atoms with Crippen LogP contribution >= 0.6 is 11.6 Å². The fraction of sp³-hybridized carbons (Fsp3) is 0.235. The molecule has 0 fully saturated rings. The second-order valence-electron chi connectivity index (χ2n) is 4.79. The third-order valence-electron chi connectivity index (χ3n) is 3.18. The van der Waals surface area contributed by atoms with Crippen LogP contribution in [0.2, 0.25) is 5.02 Å². The number of benzene rings is 2. The zero-order chi connectivity index (χ0) is 15.8. The Morgan fingerprint density at radius 1 is 1.14 bits per heavy atom. The van der Waals surface area contributed by atoms with Crippen LogP contribution in [0.1, 0.15) is 12.0 Å². The van der Waals surface area contributed by atoms with Crippen LogP contribution in [0.15, 0.2) is 48.5 Å². The third-order valence-corrected chi connectivity index (χ3v) is 3.54. The monoisotopic (exact) mass is 318 g/mol. The zero-order valence-corrected chi connectivity index (χ0v) is 13.2. The summed E-state index contributed by atoms with van der Waals surface area (Å²) in [6.07, 6.45) is 0.399. The number of hydrogen-bond acceptors (Lipinski definition) is 3.